The van der Waals surface area contributed by atoms with Crippen LogP contribution in [0.4, 0.5) is 0 Å². The van der Waals surface area contributed by atoms with Gasteiger partial charge in [-0.15, -0.1) is 0 Å². The van der Waals surface area contributed by atoms with Crippen LogP contribution in [0.15, 0.2) is 36.1 Å². The first kappa shape index (κ1) is 35.9. The molecule has 0 radical (unpaired) electrons. The van der Waals surface area contributed by atoms with E-state index in [0.717, 1.165) is 24.2 Å². The third-order valence-corrected chi connectivity index (χ3v) is 2.87. The van der Waals surface area contributed by atoms with Crippen LogP contribution in [0.5, 0.6) is 0 Å². The molecule has 1 fully saturated rings. The maximum Gasteiger partial charge on any atom is 0.00489 e. The van der Waals surface area contributed by atoms with Gasteiger partial charge >= 0.3 is 0 Å². The van der Waals surface area contributed by atoms with Gasteiger partial charge in [-0.05, 0) is 45.7 Å². The summed E-state index contributed by atoms with van der Waals surface area (Å²) in [6.07, 6.45) is 13.3. The fraction of sp³-hybridized carbons (Fsp3) is 0.739. The lowest BCUT2D eigenvalue weighted by molar-refractivity contribution is 0.441. The van der Waals surface area contributed by atoms with Crippen molar-refractivity contribution in [2.45, 2.75) is 107 Å². The van der Waals surface area contributed by atoms with Crippen molar-refractivity contribution in [1.29, 1.82) is 0 Å². The SMILES string of the molecule is C=C/C(C)=C\C=C(/C)N.CC.CC.CC.CCCN.NC1CCCCC1. The number of allylic oxidation sites excluding steroid dienone is 5. The van der Waals surface area contributed by atoms with Crippen molar-refractivity contribution in [1.82, 2.24) is 0 Å². The molecule has 3 heteroatoms. The molecule has 6 N–H and O–H groups in total. The van der Waals surface area contributed by atoms with Gasteiger partial charge < -0.3 is 17.2 Å². The maximum absolute atomic E-state index is 5.63. The maximum atomic E-state index is 5.63. The predicted octanol–water partition coefficient (Wildman–Crippen LogP) is 6.69. The third-order valence-electron chi connectivity index (χ3n) is 2.87. The molecule has 1 aliphatic carbocycles. The van der Waals surface area contributed by atoms with Gasteiger partial charge in [0.15, 0.2) is 0 Å². The Balaban J connectivity index is -0.0000000770. The molecule has 0 heterocycles. The van der Waals surface area contributed by atoms with E-state index < -0.39 is 0 Å². The van der Waals surface area contributed by atoms with Crippen molar-refractivity contribution in [2.75, 3.05) is 6.54 Å². The average molecular weight is 372 g/mol. The third kappa shape index (κ3) is 49.5. The van der Waals surface area contributed by atoms with Crippen molar-refractivity contribution < 1.29 is 0 Å². The molecule has 0 atom stereocenters. The summed E-state index contributed by atoms with van der Waals surface area (Å²) >= 11 is 0. The molecular formula is C23H53N3. The summed E-state index contributed by atoms with van der Waals surface area (Å²) in [5, 5.41) is 0. The Morgan fingerprint density at radius 2 is 1.31 bits per heavy atom. The molecule has 3 nitrogen and oxygen atoms in total. The number of hydrogen-bond donors (Lipinski definition) is 3. The number of hydrogen-bond acceptors (Lipinski definition) is 3. The Labute approximate surface area is 167 Å². The Kier molecular flexibility index (Phi) is 54.1. The lowest BCUT2D eigenvalue weighted by Gasteiger charge is -2.15. The fourth-order valence-corrected chi connectivity index (χ4v) is 1.47. The van der Waals surface area contributed by atoms with E-state index in [0.29, 0.717) is 6.04 Å². The minimum atomic E-state index is 0.536. The zero-order valence-electron chi connectivity index (χ0n) is 19.7. The number of nitrogens with two attached hydrogens (primary N) is 3. The molecule has 1 saturated carbocycles. The van der Waals surface area contributed by atoms with Crippen LogP contribution in [0.25, 0.3) is 0 Å². The Bertz CT molecular complexity index is 269. The molecular weight excluding hydrogens is 318 g/mol. The minimum Gasteiger partial charge on any atom is -0.402 e. The van der Waals surface area contributed by atoms with E-state index in [1.165, 1.54) is 32.1 Å². The normalized spacial score (nSPS) is 13.3. The van der Waals surface area contributed by atoms with Gasteiger partial charge in [-0.1, -0.05) is 92.0 Å². The van der Waals surface area contributed by atoms with Crippen molar-refractivity contribution >= 4 is 0 Å². The van der Waals surface area contributed by atoms with Crippen LogP contribution in [-0.4, -0.2) is 12.6 Å². The van der Waals surface area contributed by atoms with Crippen molar-refractivity contribution in [3.05, 3.63) is 36.1 Å². The van der Waals surface area contributed by atoms with Gasteiger partial charge in [0.1, 0.15) is 0 Å². The summed E-state index contributed by atoms with van der Waals surface area (Å²) in [5.41, 5.74) is 18.0. The standard InChI is InChI=1S/C8H13N.C6H13N.C3H9N.3C2H6/c1-4-7(2)5-6-8(3)9;7-6-4-2-1-3-5-6;1-2-3-4;3*1-2/h4-6H,1,9H2,2-3H3;6H,1-5,7H2;2-4H2,1H3;3*1-2H3/b7-5-,8-6+;;;;;. The van der Waals surface area contributed by atoms with Crippen LogP contribution in [-0.2, 0) is 0 Å². The predicted molar refractivity (Wildman–Crippen MR) is 126 cm³/mol. The smallest absolute Gasteiger partial charge is 0.00489 e. The van der Waals surface area contributed by atoms with Crippen LogP contribution in [0.1, 0.15) is 101 Å². The van der Waals surface area contributed by atoms with Crippen LogP contribution < -0.4 is 17.2 Å². The second-order valence-electron chi connectivity index (χ2n) is 5.21. The van der Waals surface area contributed by atoms with E-state index in [4.69, 9.17) is 17.2 Å². The minimum absolute atomic E-state index is 0.536. The Morgan fingerprint density at radius 3 is 1.50 bits per heavy atom. The molecule has 160 valence electrons. The van der Waals surface area contributed by atoms with Gasteiger partial charge in [0.05, 0.1) is 0 Å². The summed E-state index contributed by atoms with van der Waals surface area (Å²) in [4.78, 5) is 0. The van der Waals surface area contributed by atoms with E-state index in [9.17, 15) is 0 Å². The van der Waals surface area contributed by atoms with E-state index in [1.54, 1.807) is 6.08 Å². The summed E-state index contributed by atoms with van der Waals surface area (Å²) < 4.78 is 0. The van der Waals surface area contributed by atoms with Gasteiger partial charge in [-0.3, -0.25) is 0 Å². The van der Waals surface area contributed by atoms with Gasteiger partial charge in [0, 0.05) is 11.7 Å². The molecule has 0 spiro atoms. The van der Waals surface area contributed by atoms with Gasteiger partial charge in [0.2, 0.25) is 0 Å². The van der Waals surface area contributed by atoms with Crippen LogP contribution in [0.3, 0.4) is 0 Å². The molecule has 26 heavy (non-hydrogen) atoms. The summed E-state index contributed by atoms with van der Waals surface area (Å²) in [6, 6.07) is 0.536. The molecule has 0 saturated heterocycles. The highest BCUT2D eigenvalue weighted by atomic mass is 14.6. The van der Waals surface area contributed by atoms with Gasteiger partial charge in [-0.25, -0.2) is 0 Å². The molecule has 1 aliphatic rings. The molecule has 0 aliphatic heterocycles. The molecule has 0 aromatic heterocycles. The van der Waals surface area contributed by atoms with Crippen molar-refractivity contribution in [3.8, 4) is 0 Å². The Morgan fingerprint density at radius 1 is 0.923 bits per heavy atom. The molecule has 0 unspecified atom stereocenters. The molecule has 0 bridgehead atoms. The molecule has 0 aromatic rings. The van der Waals surface area contributed by atoms with Crippen LogP contribution in [0.2, 0.25) is 0 Å². The zero-order chi connectivity index (χ0) is 21.8. The molecule has 0 amide bonds. The van der Waals surface area contributed by atoms with Gasteiger partial charge in [0.25, 0.3) is 0 Å². The summed E-state index contributed by atoms with van der Waals surface area (Å²) in [6.45, 7) is 22.3. The monoisotopic (exact) mass is 371 g/mol. The summed E-state index contributed by atoms with van der Waals surface area (Å²) in [7, 11) is 0. The highest BCUT2D eigenvalue weighted by Crippen LogP contribution is 2.14. The largest absolute Gasteiger partial charge is 0.402 e. The second kappa shape index (κ2) is 39.1. The first-order chi connectivity index (χ1) is 12.5. The van der Waals surface area contributed by atoms with Gasteiger partial charge in [-0.2, -0.15) is 0 Å². The van der Waals surface area contributed by atoms with Crippen LogP contribution >= 0.6 is 0 Å². The van der Waals surface area contributed by atoms with Crippen molar-refractivity contribution in [2.24, 2.45) is 17.2 Å². The zero-order valence-corrected chi connectivity index (χ0v) is 19.7. The highest BCUT2D eigenvalue weighted by molar-refractivity contribution is 5.20. The van der Waals surface area contributed by atoms with E-state index in [1.807, 2.05) is 67.5 Å². The quantitative estimate of drug-likeness (QED) is 0.483. The topological polar surface area (TPSA) is 78.1 Å². The Hall–Kier alpha value is -1.06. The highest BCUT2D eigenvalue weighted by Gasteiger charge is 2.06. The fourth-order valence-electron chi connectivity index (χ4n) is 1.47. The first-order valence-electron chi connectivity index (χ1n) is 10.7. The average Bonchev–Trinajstić information content (AvgIpc) is 2.72. The van der Waals surface area contributed by atoms with Crippen LogP contribution in [0, 0.1) is 0 Å². The number of rotatable bonds is 3. The lowest BCUT2D eigenvalue weighted by Crippen LogP contribution is -2.22. The summed E-state index contributed by atoms with van der Waals surface area (Å²) in [5.74, 6) is 0. The molecule has 0 aromatic carbocycles. The van der Waals surface area contributed by atoms with Crippen molar-refractivity contribution in [3.63, 3.8) is 0 Å². The van der Waals surface area contributed by atoms with E-state index >= 15 is 0 Å². The van der Waals surface area contributed by atoms with E-state index in [2.05, 4.69) is 13.5 Å². The second-order valence-corrected chi connectivity index (χ2v) is 5.21. The first-order valence-corrected chi connectivity index (χ1v) is 10.7. The lowest BCUT2D eigenvalue weighted by atomic mass is 9.97. The van der Waals surface area contributed by atoms with E-state index in [-0.39, 0.29) is 0 Å². The molecule has 1 rings (SSSR count).